The van der Waals surface area contributed by atoms with Gasteiger partial charge in [0.2, 0.25) is 0 Å². The van der Waals surface area contributed by atoms with Gasteiger partial charge < -0.3 is 14.6 Å². The molecule has 1 saturated heterocycles. The zero-order valence-electron chi connectivity index (χ0n) is 15.9. The number of nitrogens with zero attached hydrogens (tertiary/aromatic N) is 3. The Balaban J connectivity index is 0.00000261. The standard InChI is InChI=1S/C20H27FN4O.HI/c1-22-20(24(2)15-16-7-5-8-17(21)13-16)23-14-18(19-9-6-12-26-19)25-10-3-4-11-25;/h5-9,12-13,18H,3-4,10-11,14-15H2,1-2H3,(H,22,23);1H. The third-order valence-electron chi connectivity index (χ3n) is 4.79. The smallest absolute Gasteiger partial charge is 0.193 e. The summed E-state index contributed by atoms with van der Waals surface area (Å²) < 4.78 is 19.1. The first-order valence-corrected chi connectivity index (χ1v) is 9.11. The number of benzene rings is 1. The van der Waals surface area contributed by atoms with Crippen LogP contribution in [0.4, 0.5) is 4.39 Å². The van der Waals surface area contributed by atoms with Gasteiger partial charge in [-0.2, -0.15) is 0 Å². The molecule has 2 aromatic rings. The number of halogens is 2. The predicted molar refractivity (Wildman–Crippen MR) is 117 cm³/mol. The quantitative estimate of drug-likeness (QED) is 0.383. The van der Waals surface area contributed by atoms with Crippen LogP contribution in [-0.4, -0.2) is 49.5 Å². The van der Waals surface area contributed by atoms with Gasteiger partial charge in [-0.05, 0) is 55.8 Å². The highest BCUT2D eigenvalue weighted by atomic mass is 127. The number of rotatable bonds is 6. The third kappa shape index (κ3) is 5.93. The molecular weight excluding hydrogens is 458 g/mol. The first-order chi connectivity index (χ1) is 12.7. The second kappa shape index (κ2) is 10.7. The van der Waals surface area contributed by atoms with Crippen molar-refractivity contribution in [2.45, 2.75) is 25.4 Å². The summed E-state index contributed by atoms with van der Waals surface area (Å²) >= 11 is 0. The minimum Gasteiger partial charge on any atom is -0.468 e. The lowest BCUT2D eigenvalue weighted by Crippen LogP contribution is -2.43. The summed E-state index contributed by atoms with van der Waals surface area (Å²) in [5.74, 6) is 1.54. The van der Waals surface area contributed by atoms with Crippen molar-refractivity contribution in [3.63, 3.8) is 0 Å². The van der Waals surface area contributed by atoms with E-state index in [9.17, 15) is 4.39 Å². The summed E-state index contributed by atoms with van der Waals surface area (Å²) in [5.41, 5.74) is 0.914. The van der Waals surface area contributed by atoms with Gasteiger partial charge in [0.15, 0.2) is 5.96 Å². The van der Waals surface area contributed by atoms with Crippen molar-refractivity contribution in [1.82, 2.24) is 15.1 Å². The average molecular weight is 486 g/mol. The first-order valence-electron chi connectivity index (χ1n) is 9.11. The van der Waals surface area contributed by atoms with E-state index in [1.165, 1.54) is 18.9 Å². The molecule has 1 N–H and O–H groups in total. The van der Waals surface area contributed by atoms with Gasteiger partial charge in [-0.25, -0.2) is 4.39 Å². The van der Waals surface area contributed by atoms with E-state index in [0.29, 0.717) is 13.1 Å². The van der Waals surface area contributed by atoms with Crippen LogP contribution < -0.4 is 5.32 Å². The second-order valence-corrected chi connectivity index (χ2v) is 6.69. The SMILES string of the molecule is CN=C(NCC(c1ccco1)N1CCCC1)N(C)Cc1cccc(F)c1.I. The number of hydrogen-bond acceptors (Lipinski definition) is 3. The summed E-state index contributed by atoms with van der Waals surface area (Å²) in [6, 6.07) is 10.8. The highest BCUT2D eigenvalue weighted by Gasteiger charge is 2.26. The number of aliphatic imine (C=N–C) groups is 1. The van der Waals surface area contributed by atoms with Gasteiger partial charge in [-0.15, -0.1) is 24.0 Å². The lowest BCUT2D eigenvalue weighted by Gasteiger charge is -2.29. The van der Waals surface area contributed by atoms with Crippen molar-refractivity contribution >= 4 is 29.9 Å². The van der Waals surface area contributed by atoms with Crippen LogP contribution in [0.25, 0.3) is 0 Å². The Morgan fingerprint density at radius 1 is 1.30 bits per heavy atom. The molecule has 0 aliphatic carbocycles. The number of guanidine groups is 1. The Morgan fingerprint density at radius 3 is 2.70 bits per heavy atom. The fourth-order valence-electron chi connectivity index (χ4n) is 3.50. The van der Waals surface area contributed by atoms with Crippen molar-refractivity contribution in [3.8, 4) is 0 Å². The van der Waals surface area contributed by atoms with Crippen LogP contribution in [0.5, 0.6) is 0 Å². The number of hydrogen-bond donors (Lipinski definition) is 1. The molecule has 27 heavy (non-hydrogen) atoms. The highest BCUT2D eigenvalue weighted by Crippen LogP contribution is 2.24. The van der Waals surface area contributed by atoms with E-state index in [1.807, 2.05) is 30.1 Å². The minimum atomic E-state index is -0.217. The number of furan rings is 1. The second-order valence-electron chi connectivity index (χ2n) is 6.69. The van der Waals surface area contributed by atoms with E-state index in [0.717, 1.165) is 30.4 Å². The molecule has 1 atom stereocenters. The molecule has 0 saturated carbocycles. The van der Waals surface area contributed by atoms with Crippen LogP contribution >= 0.6 is 24.0 Å². The fourth-order valence-corrected chi connectivity index (χ4v) is 3.50. The van der Waals surface area contributed by atoms with Crippen molar-refractivity contribution < 1.29 is 8.81 Å². The van der Waals surface area contributed by atoms with Crippen LogP contribution in [0.2, 0.25) is 0 Å². The molecular formula is C20H28FIN4O. The van der Waals surface area contributed by atoms with Crippen LogP contribution in [0.15, 0.2) is 52.1 Å². The van der Waals surface area contributed by atoms with Gasteiger partial charge in [0.25, 0.3) is 0 Å². The zero-order chi connectivity index (χ0) is 18.4. The Morgan fingerprint density at radius 2 is 2.07 bits per heavy atom. The van der Waals surface area contributed by atoms with Gasteiger partial charge in [0.05, 0.1) is 12.3 Å². The van der Waals surface area contributed by atoms with Crippen molar-refractivity contribution in [3.05, 3.63) is 59.8 Å². The maximum absolute atomic E-state index is 13.4. The Kier molecular flexibility index (Phi) is 8.56. The molecule has 3 rings (SSSR count). The van der Waals surface area contributed by atoms with Crippen LogP contribution in [0.1, 0.15) is 30.2 Å². The van der Waals surface area contributed by atoms with E-state index < -0.39 is 0 Å². The monoisotopic (exact) mass is 486 g/mol. The first kappa shape index (κ1) is 21.7. The lowest BCUT2D eigenvalue weighted by atomic mass is 10.2. The highest BCUT2D eigenvalue weighted by molar-refractivity contribution is 14.0. The van der Waals surface area contributed by atoms with Gasteiger partial charge in [-0.1, -0.05) is 12.1 Å². The molecule has 1 aromatic carbocycles. The topological polar surface area (TPSA) is 44.0 Å². The molecule has 0 spiro atoms. The molecule has 5 nitrogen and oxygen atoms in total. The van der Waals surface area contributed by atoms with Crippen molar-refractivity contribution in [2.24, 2.45) is 4.99 Å². The van der Waals surface area contributed by atoms with Crippen LogP contribution in [-0.2, 0) is 6.54 Å². The minimum absolute atomic E-state index is 0. The maximum atomic E-state index is 13.4. The molecule has 1 unspecified atom stereocenters. The summed E-state index contributed by atoms with van der Waals surface area (Å²) in [4.78, 5) is 8.82. The molecule has 0 radical (unpaired) electrons. The molecule has 2 heterocycles. The Bertz CT molecular complexity index is 717. The van der Waals surface area contributed by atoms with E-state index >= 15 is 0 Å². The molecule has 0 bridgehead atoms. The average Bonchev–Trinajstić information content (AvgIpc) is 3.33. The van der Waals surface area contributed by atoms with Gasteiger partial charge in [0.1, 0.15) is 11.6 Å². The lowest BCUT2D eigenvalue weighted by molar-refractivity contribution is 0.214. The molecule has 7 heteroatoms. The fraction of sp³-hybridized carbons (Fsp3) is 0.450. The van der Waals surface area contributed by atoms with Crippen LogP contribution in [0, 0.1) is 5.82 Å². The summed E-state index contributed by atoms with van der Waals surface area (Å²) in [6.07, 6.45) is 4.18. The van der Waals surface area contributed by atoms with Gasteiger partial charge in [0, 0.05) is 27.2 Å². The molecule has 1 fully saturated rings. The van der Waals surface area contributed by atoms with E-state index in [1.54, 1.807) is 25.4 Å². The van der Waals surface area contributed by atoms with Crippen molar-refractivity contribution in [1.29, 1.82) is 0 Å². The van der Waals surface area contributed by atoms with Crippen molar-refractivity contribution in [2.75, 3.05) is 33.7 Å². The largest absolute Gasteiger partial charge is 0.468 e. The summed E-state index contributed by atoms with van der Waals surface area (Å²) in [6.45, 7) is 3.48. The number of nitrogens with one attached hydrogen (secondary N) is 1. The van der Waals surface area contributed by atoms with Gasteiger partial charge in [-0.3, -0.25) is 9.89 Å². The molecule has 0 amide bonds. The predicted octanol–water partition coefficient (Wildman–Crippen LogP) is 3.88. The number of likely N-dealkylation sites (tertiary alicyclic amines) is 1. The molecule has 1 aliphatic heterocycles. The molecule has 1 aromatic heterocycles. The molecule has 1 aliphatic rings. The Hall–Kier alpha value is -1.61. The summed E-state index contributed by atoms with van der Waals surface area (Å²) in [7, 11) is 3.72. The normalized spacial score (nSPS) is 16.0. The molecule has 148 valence electrons. The Labute approximate surface area is 177 Å². The van der Waals surface area contributed by atoms with E-state index in [4.69, 9.17) is 4.42 Å². The maximum Gasteiger partial charge on any atom is 0.193 e. The summed E-state index contributed by atoms with van der Waals surface area (Å²) in [5, 5.41) is 3.45. The van der Waals surface area contributed by atoms with Gasteiger partial charge >= 0.3 is 0 Å². The van der Waals surface area contributed by atoms with E-state index in [-0.39, 0.29) is 35.8 Å². The van der Waals surface area contributed by atoms with Crippen LogP contribution in [0.3, 0.4) is 0 Å². The third-order valence-corrected chi connectivity index (χ3v) is 4.79. The van der Waals surface area contributed by atoms with E-state index in [2.05, 4.69) is 15.2 Å². The zero-order valence-corrected chi connectivity index (χ0v) is 18.2.